The van der Waals surface area contributed by atoms with E-state index < -0.39 is 0 Å². The number of hydrogen-bond donors (Lipinski definition) is 3. The van der Waals surface area contributed by atoms with Gasteiger partial charge in [-0.15, -0.1) is 0 Å². The first-order chi connectivity index (χ1) is 14.1. The van der Waals surface area contributed by atoms with E-state index in [1.807, 2.05) is 0 Å². The minimum atomic E-state index is -0.360. The minimum Gasteiger partial charge on any atom is -0.508 e. The van der Waals surface area contributed by atoms with Crippen LogP contribution in [0.4, 0.5) is 0 Å². The van der Waals surface area contributed by atoms with Gasteiger partial charge in [-0.2, -0.15) is 0 Å². The summed E-state index contributed by atoms with van der Waals surface area (Å²) >= 11 is 0. The molecule has 1 heterocycles. The summed E-state index contributed by atoms with van der Waals surface area (Å²) < 4.78 is 6.20. The molecule has 0 amide bonds. The van der Waals surface area contributed by atoms with E-state index in [0.717, 1.165) is 19.3 Å². The Balaban J connectivity index is 1.57. The zero-order valence-electron chi connectivity index (χ0n) is 18.0. The summed E-state index contributed by atoms with van der Waals surface area (Å²) in [4.78, 5) is 0. The molecule has 1 unspecified atom stereocenters. The Morgan fingerprint density at radius 3 is 2.00 bits per heavy atom. The number of aromatic hydroxyl groups is 1. The summed E-state index contributed by atoms with van der Waals surface area (Å²) in [7, 11) is 0. The predicted octanol–water partition coefficient (Wildman–Crippen LogP) is 6.18. The van der Waals surface area contributed by atoms with Crippen LogP contribution >= 0.6 is 0 Å². The van der Waals surface area contributed by atoms with Crippen molar-refractivity contribution in [1.29, 1.82) is 0 Å². The van der Waals surface area contributed by atoms with E-state index >= 15 is 0 Å². The van der Waals surface area contributed by atoms with Gasteiger partial charge in [0.1, 0.15) is 17.1 Å². The number of aliphatic hydroxyl groups is 1. The van der Waals surface area contributed by atoms with Crippen LogP contribution in [0, 0.1) is 0 Å². The number of benzene rings is 1. The van der Waals surface area contributed by atoms with E-state index in [9.17, 15) is 10.3 Å². The topological polar surface area (TPSA) is 82.3 Å². The molecular formula is C24H39NO4. The SMILES string of the molecule is CC1(CCCCCCCCCCCCCCO)C/C(=N/O)c2cc(O)ccc2O1. The van der Waals surface area contributed by atoms with Crippen LogP contribution in [0.15, 0.2) is 23.4 Å². The van der Waals surface area contributed by atoms with Crippen molar-refractivity contribution < 1.29 is 20.2 Å². The number of unbranched alkanes of at least 4 members (excludes halogenated alkanes) is 11. The summed E-state index contributed by atoms with van der Waals surface area (Å²) in [6.45, 7) is 2.41. The monoisotopic (exact) mass is 405 g/mol. The lowest BCUT2D eigenvalue weighted by atomic mass is 9.86. The Morgan fingerprint density at radius 1 is 0.897 bits per heavy atom. The van der Waals surface area contributed by atoms with Crippen molar-refractivity contribution in [3.05, 3.63) is 23.8 Å². The molecule has 1 aliphatic heterocycles. The number of phenolic OH excluding ortho intramolecular Hbond substituents is 1. The molecule has 1 aromatic rings. The van der Waals surface area contributed by atoms with Gasteiger partial charge in [-0.25, -0.2) is 0 Å². The fourth-order valence-corrected chi connectivity index (χ4v) is 4.19. The van der Waals surface area contributed by atoms with Gasteiger partial charge in [0.25, 0.3) is 0 Å². The van der Waals surface area contributed by atoms with Crippen LogP contribution < -0.4 is 4.74 Å². The zero-order chi connectivity index (χ0) is 21.0. The van der Waals surface area contributed by atoms with Gasteiger partial charge in [0.05, 0.1) is 5.71 Å². The summed E-state index contributed by atoms with van der Waals surface area (Å²) in [5.74, 6) is 0.833. The number of rotatable bonds is 14. The number of fused-ring (bicyclic) bond motifs is 1. The van der Waals surface area contributed by atoms with E-state index in [-0.39, 0.29) is 11.4 Å². The van der Waals surface area contributed by atoms with Crippen molar-refractivity contribution in [3.8, 4) is 11.5 Å². The largest absolute Gasteiger partial charge is 0.508 e. The maximum absolute atomic E-state index is 9.67. The molecule has 2 rings (SSSR count). The summed E-state index contributed by atoms with van der Waals surface area (Å²) in [5.41, 5.74) is 0.904. The maximum Gasteiger partial charge on any atom is 0.129 e. The quantitative estimate of drug-likeness (QED) is 0.196. The zero-order valence-corrected chi connectivity index (χ0v) is 18.0. The van der Waals surface area contributed by atoms with Gasteiger partial charge in [0.2, 0.25) is 0 Å². The van der Waals surface area contributed by atoms with Gasteiger partial charge in [-0.3, -0.25) is 0 Å². The van der Waals surface area contributed by atoms with Crippen molar-refractivity contribution in [2.45, 2.75) is 102 Å². The van der Waals surface area contributed by atoms with Gasteiger partial charge in [0.15, 0.2) is 0 Å². The number of phenols is 1. The lowest BCUT2D eigenvalue weighted by Crippen LogP contribution is -2.39. The Morgan fingerprint density at radius 2 is 1.45 bits per heavy atom. The molecule has 1 aromatic carbocycles. The number of oxime groups is 1. The van der Waals surface area contributed by atoms with Crippen LogP contribution in [-0.2, 0) is 0 Å². The number of hydrogen-bond acceptors (Lipinski definition) is 5. The second kappa shape index (κ2) is 12.7. The minimum absolute atomic E-state index is 0.152. The molecule has 1 aliphatic rings. The average Bonchev–Trinajstić information content (AvgIpc) is 2.71. The maximum atomic E-state index is 9.67. The molecule has 0 saturated carbocycles. The second-order valence-corrected chi connectivity index (χ2v) is 8.67. The first-order valence-corrected chi connectivity index (χ1v) is 11.4. The Bertz CT molecular complexity index is 631. The number of nitrogens with zero attached hydrogens (tertiary/aromatic N) is 1. The lowest BCUT2D eigenvalue weighted by Gasteiger charge is -2.36. The second-order valence-electron chi connectivity index (χ2n) is 8.67. The van der Waals surface area contributed by atoms with Crippen LogP contribution in [0.25, 0.3) is 0 Å². The van der Waals surface area contributed by atoms with Crippen molar-refractivity contribution in [3.63, 3.8) is 0 Å². The molecule has 0 fully saturated rings. The summed E-state index contributed by atoms with van der Waals surface area (Å²) in [6.07, 6.45) is 16.4. The van der Waals surface area contributed by atoms with E-state index in [2.05, 4.69) is 12.1 Å². The molecule has 164 valence electrons. The third-order valence-electron chi connectivity index (χ3n) is 5.91. The molecule has 0 aromatic heterocycles. The summed E-state index contributed by atoms with van der Waals surface area (Å²) in [5, 5.41) is 31.3. The molecule has 0 saturated heterocycles. The van der Waals surface area contributed by atoms with Gasteiger partial charge in [-0.1, -0.05) is 69.4 Å². The molecular weight excluding hydrogens is 366 g/mol. The van der Waals surface area contributed by atoms with Crippen molar-refractivity contribution in [2.24, 2.45) is 5.16 Å². The van der Waals surface area contributed by atoms with Gasteiger partial charge >= 0.3 is 0 Å². The summed E-state index contributed by atoms with van der Waals surface area (Å²) in [6, 6.07) is 4.95. The van der Waals surface area contributed by atoms with E-state index in [0.29, 0.717) is 30.1 Å². The molecule has 0 spiro atoms. The van der Waals surface area contributed by atoms with Crippen LogP contribution in [0.5, 0.6) is 11.5 Å². The first kappa shape index (κ1) is 23.5. The fourth-order valence-electron chi connectivity index (χ4n) is 4.19. The highest BCUT2D eigenvalue weighted by Crippen LogP contribution is 2.38. The third kappa shape index (κ3) is 8.25. The molecule has 0 radical (unpaired) electrons. The average molecular weight is 406 g/mol. The van der Waals surface area contributed by atoms with Crippen LogP contribution in [0.2, 0.25) is 0 Å². The lowest BCUT2D eigenvalue weighted by molar-refractivity contribution is 0.0764. The third-order valence-corrected chi connectivity index (χ3v) is 5.91. The predicted molar refractivity (Wildman–Crippen MR) is 117 cm³/mol. The molecule has 3 N–H and O–H groups in total. The molecule has 5 nitrogen and oxygen atoms in total. The highest BCUT2D eigenvalue weighted by atomic mass is 16.5. The molecule has 5 heteroatoms. The van der Waals surface area contributed by atoms with Crippen LogP contribution in [-0.4, -0.2) is 33.3 Å². The standard InChI is InChI=1S/C24H39NO4/c1-24(19-22(25-28)21-18-20(27)14-15-23(21)29-24)16-12-10-8-6-4-2-3-5-7-9-11-13-17-26/h14-15,18,26-28H,2-13,16-17,19H2,1H3/b25-22-. The van der Waals surface area contributed by atoms with E-state index in [1.54, 1.807) is 18.2 Å². The van der Waals surface area contributed by atoms with Crippen LogP contribution in [0.1, 0.15) is 102 Å². The van der Waals surface area contributed by atoms with Gasteiger partial charge < -0.3 is 20.2 Å². The Kier molecular flexibility index (Phi) is 10.3. The Hall–Kier alpha value is -1.75. The molecule has 1 atom stereocenters. The number of aliphatic hydroxyl groups excluding tert-OH is 1. The highest BCUT2D eigenvalue weighted by Gasteiger charge is 2.35. The van der Waals surface area contributed by atoms with E-state index in [4.69, 9.17) is 9.84 Å². The van der Waals surface area contributed by atoms with Crippen molar-refractivity contribution in [1.82, 2.24) is 0 Å². The van der Waals surface area contributed by atoms with Crippen LogP contribution in [0.3, 0.4) is 0 Å². The van der Waals surface area contributed by atoms with Gasteiger partial charge in [-0.05, 0) is 44.4 Å². The molecule has 0 bridgehead atoms. The van der Waals surface area contributed by atoms with Crippen molar-refractivity contribution >= 4 is 5.71 Å². The fraction of sp³-hybridized carbons (Fsp3) is 0.708. The smallest absolute Gasteiger partial charge is 0.129 e. The molecule has 0 aliphatic carbocycles. The first-order valence-electron chi connectivity index (χ1n) is 11.4. The van der Waals surface area contributed by atoms with Gasteiger partial charge in [0, 0.05) is 18.6 Å². The Labute approximate surface area is 175 Å². The number of ether oxygens (including phenoxy) is 1. The highest BCUT2D eigenvalue weighted by molar-refractivity contribution is 6.04. The normalized spacial score (nSPS) is 19.9. The van der Waals surface area contributed by atoms with E-state index in [1.165, 1.54) is 64.2 Å². The van der Waals surface area contributed by atoms with Crippen molar-refractivity contribution in [2.75, 3.05) is 6.61 Å². The molecule has 29 heavy (non-hydrogen) atoms.